The summed E-state index contributed by atoms with van der Waals surface area (Å²) in [6.07, 6.45) is 1.57. The number of aliphatic carboxylic acids is 1. The average Bonchev–Trinajstić information content (AvgIpc) is 3.11. The number of alkyl halides is 2. The van der Waals surface area contributed by atoms with Crippen LogP contribution in [0.2, 0.25) is 0 Å². The second-order valence-corrected chi connectivity index (χ2v) is 5.71. The van der Waals surface area contributed by atoms with E-state index in [9.17, 15) is 22.8 Å². The molecule has 118 valence electrons. The van der Waals surface area contributed by atoms with Crippen molar-refractivity contribution in [1.82, 2.24) is 4.98 Å². The Bertz CT molecular complexity index is 929. The highest BCUT2D eigenvalue weighted by Gasteiger charge is 2.48. The zero-order valence-corrected chi connectivity index (χ0v) is 12.1. The van der Waals surface area contributed by atoms with E-state index in [2.05, 4.69) is 4.98 Å². The van der Waals surface area contributed by atoms with Crippen molar-refractivity contribution in [2.24, 2.45) is 0 Å². The van der Waals surface area contributed by atoms with Crippen LogP contribution in [-0.2, 0) is 4.79 Å². The number of rotatable bonds is 4. The minimum atomic E-state index is -4.47. The second-order valence-electron chi connectivity index (χ2n) is 4.80. The molecule has 1 aromatic carbocycles. The van der Waals surface area contributed by atoms with Gasteiger partial charge in [0, 0.05) is 22.7 Å². The van der Waals surface area contributed by atoms with Gasteiger partial charge in [-0.05, 0) is 35.2 Å². The van der Waals surface area contributed by atoms with Gasteiger partial charge >= 0.3 is 11.9 Å². The number of carboxylic acid groups (broad SMARTS) is 1. The third kappa shape index (κ3) is 2.50. The van der Waals surface area contributed by atoms with Gasteiger partial charge in [-0.3, -0.25) is 4.79 Å². The molecule has 2 aromatic heterocycles. The Morgan fingerprint density at radius 2 is 1.96 bits per heavy atom. The Morgan fingerprint density at radius 3 is 2.65 bits per heavy atom. The lowest BCUT2D eigenvalue weighted by molar-refractivity contribution is -0.157. The number of nitrogens with one attached hydrogen (secondary N) is 1. The zero-order chi connectivity index (χ0) is 16.8. The monoisotopic (exact) mass is 339 g/mol. The van der Waals surface area contributed by atoms with Crippen LogP contribution in [0, 0.1) is 5.82 Å². The maximum Gasteiger partial charge on any atom is 0.404 e. The zero-order valence-electron chi connectivity index (χ0n) is 11.3. The smallest absolute Gasteiger partial charge is 0.404 e. The molecule has 2 N–H and O–H groups in total. The van der Waals surface area contributed by atoms with Crippen molar-refractivity contribution in [3.8, 4) is 11.1 Å². The topological polar surface area (TPSA) is 70.2 Å². The SMILES string of the molecule is O=C(O)C(F)(F)C(=O)c1cc(-c2c[nH]c3cc(F)ccc23)cs1. The number of benzene rings is 1. The minimum absolute atomic E-state index is 0.358. The first kappa shape index (κ1) is 15.3. The van der Waals surface area contributed by atoms with Gasteiger partial charge in [-0.15, -0.1) is 11.3 Å². The summed E-state index contributed by atoms with van der Waals surface area (Å²) in [5.74, 6) is -9.13. The maximum atomic E-state index is 13.3. The highest BCUT2D eigenvalue weighted by atomic mass is 32.1. The molecule has 0 bridgehead atoms. The van der Waals surface area contributed by atoms with Crippen LogP contribution >= 0.6 is 11.3 Å². The summed E-state index contributed by atoms with van der Waals surface area (Å²) in [4.78, 5) is 24.6. The summed E-state index contributed by atoms with van der Waals surface area (Å²) >= 11 is 0.731. The third-order valence-corrected chi connectivity index (χ3v) is 4.26. The molecule has 0 spiro atoms. The number of aromatic nitrogens is 1. The number of fused-ring (bicyclic) bond motifs is 1. The number of H-pyrrole nitrogens is 1. The van der Waals surface area contributed by atoms with Gasteiger partial charge in [0.15, 0.2) is 0 Å². The molecule has 2 heterocycles. The molecule has 4 nitrogen and oxygen atoms in total. The van der Waals surface area contributed by atoms with Crippen LogP contribution in [0.25, 0.3) is 22.0 Å². The second kappa shape index (κ2) is 5.24. The summed E-state index contributed by atoms with van der Waals surface area (Å²) in [7, 11) is 0. The van der Waals surface area contributed by atoms with Crippen molar-refractivity contribution in [3.05, 3.63) is 46.5 Å². The molecule has 0 saturated carbocycles. The molecular formula is C15H8F3NO3S. The highest BCUT2D eigenvalue weighted by molar-refractivity contribution is 7.12. The van der Waals surface area contributed by atoms with Crippen LogP contribution in [-0.4, -0.2) is 27.8 Å². The van der Waals surface area contributed by atoms with E-state index in [0.717, 1.165) is 11.3 Å². The Labute approximate surface area is 131 Å². The van der Waals surface area contributed by atoms with Gasteiger partial charge in [0.2, 0.25) is 0 Å². The molecule has 0 amide bonds. The number of ketones is 1. The summed E-state index contributed by atoms with van der Waals surface area (Å²) in [6, 6.07) is 5.28. The number of carbonyl (C=O) groups excluding carboxylic acids is 1. The van der Waals surface area contributed by atoms with E-state index in [1.807, 2.05) is 0 Å². The summed E-state index contributed by atoms with van der Waals surface area (Å²) < 4.78 is 39.7. The largest absolute Gasteiger partial charge is 0.476 e. The van der Waals surface area contributed by atoms with E-state index in [-0.39, 0.29) is 4.88 Å². The number of aromatic amines is 1. The molecule has 8 heteroatoms. The van der Waals surface area contributed by atoms with Crippen LogP contribution < -0.4 is 0 Å². The van der Waals surface area contributed by atoms with Gasteiger partial charge in [-0.25, -0.2) is 9.18 Å². The lowest BCUT2D eigenvalue weighted by atomic mass is 10.1. The number of Topliss-reactive ketones (excluding diaryl/α,β-unsaturated/α-hetero) is 1. The standard InChI is InChI=1S/C15H8F3NO3S/c16-8-1-2-9-10(5-19-11(9)4-8)7-3-12(23-6-7)13(20)15(17,18)14(21)22/h1-6,19H,(H,21,22). The Hall–Kier alpha value is -2.61. The van der Waals surface area contributed by atoms with Gasteiger partial charge in [0.05, 0.1) is 4.88 Å². The van der Waals surface area contributed by atoms with Crippen LogP contribution in [0.5, 0.6) is 0 Å². The van der Waals surface area contributed by atoms with Gasteiger partial charge in [-0.1, -0.05) is 0 Å². The van der Waals surface area contributed by atoms with Crippen LogP contribution in [0.1, 0.15) is 9.67 Å². The number of hydrogen-bond donors (Lipinski definition) is 2. The molecule has 0 atom stereocenters. The number of carbonyl (C=O) groups is 2. The predicted molar refractivity (Wildman–Crippen MR) is 78.5 cm³/mol. The van der Waals surface area contributed by atoms with E-state index in [1.54, 1.807) is 6.20 Å². The fourth-order valence-electron chi connectivity index (χ4n) is 2.19. The molecule has 0 unspecified atom stereocenters. The number of halogens is 3. The van der Waals surface area contributed by atoms with E-state index < -0.39 is 23.5 Å². The van der Waals surface area contributed by atoms with E-state index >= 15 is 0 Å². The van der Waals surface area contributed by atoms with Crippen LogP contribution in [0.4, 0.5) is 13.2 Å². The van der Waals surface area contributed by atoms with Crippen LogP contribution in [0.3, 0.4) is 0 Å². The Balaban J connectivity index is 2.01. The number of carboxylic acids is 1. The minimum Gasteiger partial charge on any atom is -0.476 e. The molecule has 23 heavy (non-hydrogen) atoms. The quantitative estimate of drug-likeness (QED) is 0.559. The molecule has 0 radical (unpaired) electrons. The molecule has 0 fully saturated rings. The predicted octanol–water partition coefficient (Wildman–Crippen LogP) is 3.94. The summed E-state index contributed by atoms with van der Waals surface area (Å²) in [6.45, 7) is 0. The Kier molecular flexibility index (Phi) is 3.48. The fourth-order valence-corrected chi connectivity index (χ4v) is 3.06. The number of thiophene rings is 1. The van der Waals surface area contributed by atoms with E-state index in [0.29, 0.717) is 22.0 Å². The van der Waals surface area contributed by atoms with Gasteiger partial charge in [0.25, 0.3) is 5.78 Å². The molecule has 0 aliphatic carbocycles. The lowest BCUT2D eigenvalue weighted by Gasteiger charge is -2.07. The van der Waals surface area contributed by atoms with E-state index in [4.69, 9.17) is 5.11 Å². The van der Waals surface area contributed by atoms with Crippen molar-refractivity contribution in [3.63, 3.8) is 0 Å². The van der Waals surface area contributed by atoms with Crippen LogP contribution in [0.15, 0.2) is 35.8 Å². The molecule has 3 aromatic rings. The first-order chi connectivity index (χ1) is 10.8. The first-order valence-corrected chi connectivity index (χ1v) is 7.20. The first-order valence-electron chi connectivity index (χ1n) is 6.32. The van der Waals surface area contributed by atoms with Crippen molar-refractivity contribution < 1.29 is 27.9 Å². The molecular weight excluding hydrogens is 331 g/mol. The fraction of sp³-hybridized carbons (Fsp3) is 0.0667. The van der Waals surface area contributed by atoms with Crippen molar-refractivity contribution in [2.75, 3.05) is 0 Å². The third-order valence-electron chi connectivity index (χ3n) is 3.33. The maximum absolute atomic E-state index is 13.3. The average molecular weight is 339 g/mol. The van der Waals surface area contributed by atoms with Crippen molar-refractivity contribution in [1.29, 1.82) is 0 Å². The molecule has 0 aliphatic rings. The molecule has 3 rings (SSSR count). The van der Waals surface area contributed by atoms with E-state index in [1.165, 1.54) is 29.6 Å². The molecule has 0 saturated heterocycles. The normalized spacial score (nSPS) is 11.8. The number of hydrogen-bond acceptors (Lipinski definition) is 3. The molecule has 0 aliphatic heterocycles. The lowest BCUT2D eigenvalue weighted by Crippen LogP contribution is -2.37. The summed E-state index contributed by atoms with van der Waals surface area (Å²) in [5, 5.41) is 10.6. The highest BCUT2D eigenvalue weighted by Crippen LogP contribution is 2.34. The van der Waals surface area contributed by atoms with Crippen molar-refractivity contribution >= 4 is 34.0 Å². The van der Waals surface area contributed by atoms with Gasteiger partial charge in [-0.2, -0.15) is 8.78 Å². The van der Waals surface area contributed by atoms with Gasteiger partial charge < -0.3 is 10.1 Å². The summed E-state index contributed by atoms with van der Waals surface area (Å²) in [5.41, 5.74) is 1.60. The van der Waals surface area contributed by atoms with Gasteiger partial charge in [0.1, 0.15) is 5.82 Å². The Morgan fingerprint density at radius 1 is 1.22 bits per heavy atom. The van der Waals surface area contributed by atoms with Crippen molar-refractivity contribution in [2.45, 2.75) is 5.92 Å².